The van der Waals surface area contributed by atoms with E-state index in [0.717, 1.165) is 48.5 Å². The van der Waals surface area contributed by atoms with Crippen molar-refractivity contribution in [2.24, 2.45) is 30.7 Å². The van der Waals surface area contributed by atoms with Crippen LogP contribution in [0.5, 0.6) is 11.5 Å². The minimum atomic E-state index is -5.36. The molecule has 0 bridgehead atoms. The Hall–Kier alpha value is -7.23. The number of benzene rings is 6. The van der Waals surface area contributed by atoms with Gasteiger partial charge in [0.1, 0.15) is 32.6 Å². The summed E-state index contributed by atoms with van der Waals surface area (Å²) in [5, 5.41) is 33.5. The molecule has 0 aliphatic heterocycles. The van der Waals surface area contributed by atoms with Crippen LogP contribution in [0.25, 0.3) is 10.8 Å². The van der Waals surface area contributed by atoms with Gasteiger partial charge in [0.15, 0.2) is 15.6 Å². The Morgan fingerprint density at radius 2 is 1.10 bits per heavy atom. The zero-order chi connectivity index (χ0) is 50.0. The molecule has 12 N–H and O–H groups in total. The first-order valence-electron chi connectivity index (χ1n) is 18.5. The number of nitrogens with one attached hydrogen (secondary N) is 2. The number of anilines is 4. The van der Waals surface area contributed by atoms with Crippen molar-refractivity contribution in [2.75, 3.05) is 41.3 Å². The van der Waals surface area contributed by atoms with E-state index >= 15 is 0 Å². The number of rotatable bonds is 17. The van der Waals surface area contributed by atoms with Crippen molar-refractivity contribution in [3.8, 4) is 11.5 Å². The van der Waals surface area contributed by atoms with Gasteiger partial charge >= 0.3 is 10.3 Å². The van der Waals surface area contributed by atoms with Crippen LogP contribution in [-0.4, -0.2) is 80.3 Å². The van der Waals surface area contributed by atoms with Gasteiger partial charge in [-0.15, -0.1) is 15.3 Å². The van der Waals surface area contributed by atoms with Crippen LogP contribution in [0, 0.1) is 0 Å². The fourth-order valence-electron chi connectivity index (χ4n) is 5.94. The van der Waals surface area contributed by atoms with Gasteiger partial charge in [-0.25, -0.2) is 16.8 Å². The summed E-state index contributed by atoms with van der Waals surface area (Å²) < 4.78 is 162. The molecule has 0 aliphatic rings. The van der Waals surface area contributed by atoms with E-state index in [9.17, 15) is 56.3 Å². The molecule has 0 heterocycles. The molecule has 6 rings (SSSR count). The molecule has 358 valence electrons. The highest BCUT2D eigenvalue weighted by Crippen LogP contribution is 2.48. The average Bonchev–Trinajstić information content (AvgIpc) is 3.24. The summed E-state index contributed by atoms with van der Waals surface area (Å²) in [6.07, 6.45) is 0. The first kappa shape index (κ1) is 50.2. The number of aromatic hydroxyl groups is 1. The highest BCUT2D eigenvalue weighted by Gasteiger charge is 2.29. The maximum atomic E-state index is 13.2. The van der Waals surface area contributed by atoms with Crippen molar-refractivity contribution in [1.82, 2.24) is 4.72 Å². The molecule has 0 radical (unpaired) electrons. The molecule has 0 saturated heterocycles. The van der Waals surface area contributed by atoms with Crippen LogP contribution < -0.4 is 31.4 Å². The molecule has 0 aromatic heterocycles. The average molecular weight is 1030 g/mol. The van der Waals surface area contributed by atoms with E-state index in [1.54, 1.807) is 4.72 Å². The third kappa shape index (κ3) is 11.8. The number of azo groups is 3. The molecular weight excluding hydrogens is 999 g/mol. The standard InChI is InChI=1S/C37H35N11O15S5/c1-63-31-18-29(27(38)17-28(31)39)45-42-20-2-4-23(5-3-20)48-65(52,53)25-12-8-22(9-13-25)44-47-36-33(67(57,58)59)16-26-32(66(54,55)56)19-30(35(40)34(26)37(36)49)46-43-21-6-10-24(11-7-21)64(50,51)15-14-41-68(60,61)62/h2-13,16-19,41,48-49H,14-15,38-40H2,1H3,(H,54,55,56)(H,57,58,59)(H,60,61,62). The summed E-state index contributed by atoms with van der Waals surface area (Å²) >= 11 is 0. The van der Waals surface area contributed by atoms with Crippen molar-refractivity contribution in [3.05, 3.63) is 97.1 Å². The number of fused-ring (bicyclic) bond motifs is 1. The van der Waals surface area contributed by atoms with Crippen molar-refractivity contribution in [3.63, 3.8) is 0 Å². The van der Waals surface area contributed by atoms with Crippen molar-refractivity contribution >= 4 is 118 Å². The summed E-state index contributed by atoms with van der Waals surface area (Å²) in [5.74, 6) is -1.57. The van der Waals surface area contributed by atoms with Gasteiger partial charge in [-0.3, -0.25) is 18.4 Å². The molecule has 26 nitrogen and oxygen atoms in total. The van der Waals surface area contributed by atoms with Crippen LogP contribution in [0.1, 0.15) is 0 Å². The van der Waals surface area contributed by atoms with E-state index in [0.29, 0.717) is 29.3 Å². The molecule has 0 unspecified atom stereocenters. The van der Waals surface area contributed by atoms with Gasteiger partial charge in [-0.1, -0.05) is 0 Å². The summed E-state index contributed by atoms with van der Waals surface area (Å²) in [4.78, 5) is -2.80. The third-order valence-corrected chi connectivity index (χ3v) is 14.6. The molecule has 6 aromatic carbocycles. The van der Waals surface area contributed by atoms with Crippen molar-refractivity contribution in [1.29, 1.82) is 0 Å². The number of nitrogens with zero attached hydrogens (tertiary/aromatic N) is 6. The Morgan fingerprint density at radius 1 is 0.588 bits per heavy atom. The van der Waals surface area contributed by atoms with Crippen LogP contribution in [0.4, 0.5) is 56.9 Å². The lowest BCUT2D eigenvalue weighted by molar-refractivity contribution is 0.417. The quantitative estimate of drug-likeness (QED) is 0.0287. The fourth-order valence-corrected chi connectivity index (χ4v) is 9.99. The molecule has 0 amide bonds. The Kier molecular flexibility index (Phi) is 14.1. The topological polar surface area (TPSA) is 437 Å². The maximum Gasteiger partial charge on any atom is 0.333 e. The van der Waals surface area contributed by atoms with Crippen LogP contribution in [-0.2, 0) is 50.4 Å². The van der Waals surface area contributed by atoms with Crippen molar-refractivity contribution in [2.45, 2.75) is 19.6 Å². The van der Waals surface area contributed by atoms with Crippen molar-refractivity contribution < 1.29 is 65.6 Å². The lowest BCUT2D eigenvalue weighted by Crippen LogP contribution is -2.28. The normalized spacial score (nSPS) is 12.9. The van der Waals surface area contributed by atoms with Crippen LogP contribution >= 0.6 is 0 Å². The Labute approximate surface area is 386 Å². The second-order valence-electron chi connectivity index (χ2n) is 13.8. The number of hydrogen-bond donors (Lipinski definition) is 9. The second kappa shape index (κ2) is 19.2. The molecule has 0 atom stereocenters. The van der Waals surface area contributed by atoms with Gasteiger partial charge in [-0.05, 0) is 91.0 Å². The van der Waals surface area contributed by atoms with Gasteiger partial charge < -0.3 is 27.0 Å². The SMILES string of the molecule is COc1cc(N=Nc2ccc(NS(=O)(=O)c3ccc(N=Nc4c(S(=O)(=O)O)cc5c(S(=O)(=O)O)cc(N=Nc6ccc(S(=O)(=O)CCNS(=O)(=O)O)cc6)c(N)c5c4O)cc3)cc2)c(N)cc1N. The fraction of sp³-hybridized carbons (Fsp3) is 0.0811. The molecule has 0 aliphatic carbocycles. The first-order valence-corrected chi connectivity index (χ1v) is 26.0. The van der Waals surface area contributed by atoms with E-state index in [4.69, 9.17) is 26.5 Å². The summed E-state index contributed by atoms with van der Waals surface area (Å²) in [5.41, 5.74) is 17.1. The summed E-state index contributed by atoms with van der Waals surface area (Å²) in [6.45, 7) is -0.643. The number of phenolic OH excluding ortho intramolecular Hbond substituents is 1. The maximum absolute atomic E-state index is 13.2. The third-order valence-electron chi connectivity index (χ3n) is 9.18. The van der Waals surface area contributed by atoms with Gasteiger partial charge in [0.05, 0.1) is 62.2 Å². The number of methoxy groups -OCH3 is 1. The molecule has 0 spiro atoms. The minimum absolute atomic E-state index is 0.0550. The highest BCUT2D eigenvalue weighted by atomic mass is 32.2. The van der Waals surface area contributed by atoms with Crippen LogP contribution in [0.2, 0.25) is 0 Å². The lowest BCUT2D eigenvalue weighted by atomic mass is 10.0. The molecule has 0 saturated carbocycles. The highest BCUT2D eigenvalue weighted by molar-refractivity contribution is 7.92. The largest absolute Gasteiger partial charge is 0.505 e. The minimum Gasteiger partial charge on any atom is -0.505 e. The predicted octanol–water partition coefficient (Wildman–Crippen LogP) is 6.01. The Balaban J connectivity index is 1.26. The molecule has 68 heavy (non-hydrogen) atoms. The monoisotopic (exact) mass is 1030 g/mol. The van der Waals surface area contributed by atoms with E-state index < -0.39 is 106 Å². The molecule has 0 fully saturated rings. The second-order valence-corrected chi connectivity index (χ2v) is 21.6. The Bertz CT molecular complexity index is 3640. The number of nitrogen functional groups attached to an aromatic ring is 3. The number of phenols is 1. The van der Waals surface area contributed by atoms with Crippen LogP contribution in [0.3, 0.4) is 0 Å². The van der Waals surface area contributed by atoms with Gasteiger partial charge in [0, 0.05) is 23.7 Å². The molecule has 31 heteroatoms. The van der Waals surface area contributed by atoms with E-state index in [1.807, 2.05) is 0 Å². The van der Waals surface area contributed by atoms with Gasteiger partial charge in [0.25, 0.3) is 30.3 Å². The number of sulfonamides is 1. The molecule has 6 aromatic rings. The Morgan fingerprint density at radius 3 is 1.63 bits per heavy atom. The summed E-state index contributed by atoms with van der Waals surface area (Å²) in [7, 11) is -22.2. The van der Waals surface area contributed by atoms with Crippen LogP contribution in [0.15, 0.2) is 147 Å². The van der Waals surface area contributed by atoms with E-state index in [2.05, 4.69) is 35.4 Å². The number of sulfone groups is 1. The zero-order valence-electron chi connectivity index (χ0n) is 34.4. The molecular formula is C37H35N11O15S5. The van der Waals surface area contributed by atoms with Gasteiger partial charge in [-0.2, -0.15) is 45.3 Å². The zero-order valence-corrected chi connectivity index (χ0v) is 38.5. The predicted molar refractivity (Wildman–Crippen MR) is 246 cm³/mol. The number of nitrogens with two attached hydrogens (primary N) is 3. The van der Waals surface area contributed by atoms with E-state index in [1.165, 1.54) is 43.5 Å². The van der Waals surface area contributed by atoms with E-state index in [-0.39, 0.29) is 38.2 Å². The first-order chi connectivity index (χ1) is 31.7. The summed E-state index contributed by atoms with van der Waals surface area (Å²) in [6, 6.07) is 18.9. The van der Waals surface area contributed by atoms with Gasteiger partial charge in [0.2, 0.25) is 0 Å². The number of hydrogen-bond acceptors (Lipinski definition) is 21. The smallest absolute Gasteiger partial charge is 0.333 e. The number of ether oxygens (including phenoxy) is 1. The lowest BCUT2D eigenvalue weighted by Gasteiger charge is -2.14.